The van der Waals surface area contributed by atoms with E-state index < -0.39 is 23.1 Å². The molecule has 6 heteroatoms. The van der Waals surface area contributed by atoms with Gasteiger partial charge in [0.1, 0.15) is 12.4 Å². The quantitative estimate of drug-likeness (QED) is 0.619. The molecule has 0 aliphatic heterocycles. The van der Waals surface area contributed by atoms with Crippen LogP contribution in [0.1, 0.15) is 10.4 Å². The molecule has 0 amide bonds. The second-order valence-electron chi connectivity index (χ2n) is 3.60. The number of aromatic carboxylic acids is 1. The maximum Gasteiger partial charge on any atom is 0.335 e. The molecule has 0 aromatic heterocycles. The summed E-state index contributed by atoms with van der Waals surface area (Å²) < 4.78 is 12.4. The van der Waals surface area contributed by atoms with Gasteiger partial charge >= 0.3 is 5.97 Å². The highest BCUT2D eigenvalue weighted by molar-refractivity contribution is 5.90. The Morgan fingerprint density at radius 1 is 1.47 bits per heavy atom. The number of aliphatic hydroxyl groups excluding tert-OH is 1. The summed E-state index contributed by atoms with van der Waals surface area (Å²) in [5, 5.41) is 27.2. The molecule has 1 rings (SSSR count). The molecule has 0 unspecified atom stereocenters. The lowest BCUT2D eigenvalue weighted by Crippen LogP contribution is -3.06. The number of hydrogen-bond acceptors (Lipinski definition) is 3. The largest absolute Gasteiger partial charge is 0.870 e. The van der Waals surface area contributed by atoms with E-state index in [1.807, 2.05) is 14.1 Å². The van der Waals surface area contributed by atoms with E-state index in [-0.39, 0.29) is 0 Å². The molecule has 0 saturated carbocycles. The van der Waals surface area contributed by atoms with Crippen LogP contribution in [0, 0.1) is 5.82 Å². The Labute approximate surface area is 98.7 Å². The van der Waals surface area contributed by atoms with Crippen LogP contribution in [0.15, 0.2) is 18.2 Å². The number of halogens is 1. The first kappa shape index (κ1) is 15.3. The van der Waals surface area contributed by atoms with Gasteiger partial charge in [0.2, 0.25) is 0 Å². The second-order valence-corrected chi connectivity index (χ2v) is 3.60. The molecule has 0 radical (unpaired) electrons. The Hall–Kier alpha value is -1.66. The number of rotatable bonds is 3. The summed E-state index contributed by atoms with van der Waals surface area (Å²) in [5.41, 5.74) is -0.537. The van der Waals surface area contributed by atoms with Gasteiger partial charge < -0.3 is 20.2 Å². The Morgan fingerprint density at radius 3 is 2.35 bits per heavy atom. The molecule has 0 aliphatic carbocycles. The van der Waals surface area contributed by atoms with Crippen LogP contribution in [0.2, 0.25) is 0 Å². The number of carboxylic acid groups (broad SMARTS) is 1. The summed E-state index contributed by atoms with van der Waals surface area (Å²) in [6, 6.07) is 3.17. The van der Waals surface area contributed by atoms with Crippen molar-refractivity contribution in [3.05, 3.63) is 29.6 Å². The molecule has 0 bridgehead atoms. The third-order valence-corrected chi connectivity index (χ3v) is 1.81. The van der Waals surface area contributed by atoms with Crippen molar-refractivity contribution in [3.63, 3.8) is 0 Å². The van der Waals surface area contributed by atoms with E-state index in [4.69, 9.17) is 10.2 Å². The van der Waals surface area contributed by atoms with Crippen LogP contribution in [-0.4, -0.2) is 43.4 Å². The van der Waals surface area contributed by atoms with Crippen molar-refractivity contribution in [2.75, 3.05) is 27.2 Å². The second kappa shape index (κ2) is 7.59. The van der Waals surface area contributed by atoms with Crippen molar-refractivity contribution in [1.29, 1.82) is 0 Å². The van der Waals surface area contributed by atoms with Crippen molar-refractivity contribution in [1.82, 2.24) is 0 Å². The predicted octanol–water partition coefficient (Wildman–Crippen LogP) is -1.28. The van der Waals surface area contributed by atoms with Gasteiger partial charge in [-0.15, -0.1) is 0 Å². The van der Waals surface area contributed by atoms with Crippen LogP contribution in [0.5, 0.6) is 5.75 Å². The number of aliphatic hydroxyl groups is 1. The van der Waals surface area contributed by atoms with Gasteiger partial charge in [-0.3, -0.25) is 0 Å². The van der Waals surface area contributed by atoms with Gasteiger partial charge in [0.25, 0.3) is 0 Å². The van der Waals surface area contributed by atoms with Crippen LogP contribution in [-0.2, 0) is 0 Å². The monoisotopic (exact) mass is 245 g/mol. The molecule has 0 atom stereocenters. The Kier molecular flexibility index (Phi) is 6.85. The minimum atomic E-state index is -1.41. The Bertz CT molecular complexity index is 368. The number of quaternary nitrogens is 1. The summed E-state index contributed by atoms with van der Waals surface area (Å²) >= 11 is 0. The van der Waals surface area contributed by atoms with Crippen molar-refractivity contribution in [2.24, 2.45) is 0 Å². The minimum Gasteiger partial charge on any atom is -0.870 e. The molecule has 0 spiro atoms. The van der Waals surface area contributed by atoms with Crippen LogP contribution in [0.25, 0.3) is 0 Å². The van der Waals surface area contributed by atoms with E-state index in [2.05, 4.69) is 0 Å². The first-order valence-electron chi connectivity index (χ1n) is 4.98. The Morgan fingerprint density at radius 2 is 2.06 bits per heavy atom. The predicted molar refractivity (Wildman–Crippen MR) is 57.6 cm³/mol. The molecule has 17 heavy (non-hydrogen) atoms. The third-order valence-electron chi connectivity index (χ3n) is 1.81. The van der Waals surface area contributed by atoms with E-state index in [9.17, 15) is 14.3 Å². The lowest BCUT2D eigenvalue weighted by molar-refractivity contribution is -0.858. The molecule has 96 valence electrons. The fraction of sp³-hybridized carbons (Fsp3) is 0.364. The number of hydrogen-bond donors (Lipinski definition) is 3. The molecular formula is C11H16FNO4. The average molecular weight is 245 g/mol. The van der Waals surface area contributed by atoms with Crippen LogP contribution in [0.3, 0.4) is 0 Å². The summed E-state index contributed by atoms with van der Waals surface area (Å²) in [6.45, 7) is 1.14. The zero-order valence-corrected chi connectivity index (χ0v) is 9.74. The van der Waals surface area contributed by atoms with Crippen LogP contribution >= 0.6 is 0 Å². The number of likely N-dealkylation sites (N-methyl/N-ethyl adjacent to an activating group) is 1. The topological polar surface area (TPSA) is 85.0 Å². The smallest absolute Gasteiger partial charge is 0.335 e. The summed E-state index contributed by atoms with van der Waals surface area (Å²) in [4.78, 5) is 11.5. The summed E-state index contributed by atoms with van der Waals surface area (Å²) in [5.74, 6) is -3.51. The van der Waals surface area contributed by atoms with E-state index in [0.29, 0.717) is 6.61 Å². The first-order chi connectivity index (χ1) is 7.90. The molecule has 0 fully saturated rings. The number of carboxylic acids is 1. The average Bonchev–Trinajstić information content (AvgIpc) is 2.22. The van der Waals surface area contributed by atoms with E-state index in [1.165, 1.54) is 11.0 Å². The Balaban J connectivity index is 0.000000366. The van der Waals surface area contributed by atoms with E-state index >= 15 is 0 Å². The molecule has 1 aromatic carbocycles. The van der Waals surface area contributed by atoms with Gasteiger partial charge in [-0.2, -0.15) is 0 Å². The zero-order valence-electron chi connectivity index (χ0n) is 9.74. The van der Waals surface area contributed by atoms with Gasteiger partial charge in [-0.05, 0) is 12.1 Å². The van der Waals surface area contributed by atoms with E-state index in [1.54, 1.807) is 0 Å². The van der Waals surface area contributed by atoms with Gasteiger partial charge in [0.15, 0.2) is 0 Å². The first-order valence-corrected chi connectivity index (χ1v) is 4.98. The lowest BCUT2D eigenvalue weighted by Gasteiger charge is -2.09. The standard InChI is InChI=1S/C7H5FO3.C4H11NO/c8-5-3-1-2-4(6(5)9)7(10)11;1-5(2)3-4-6/h1-3,9H,(H,10,11);6H,3-4H2,1-2H3. The van der Waals surface area contributed by atoms with Gasteiger partial charge in [-0.1, -0.05) is 11.8 Å². The van der Waals surface area contributed by atoms with Gasteiger partial charge in [0, 0.05) is 0 Å². The van der Waals surface area contributed by atoms with E-state index in [0.717, 1.165) is 18.7 Å². The molecule has 1 aromatic rings. The molecule has 0 aliphatic rings. The highest BCUT2D eigenvalue weighted by atomic mass is 19.1. The maximum absolute atomic E-state index is 12.4. The number of para-hydroxylation sites is 1. The molecule has 5 nitrogen and oxygen atoms in total. The fourth-order valence-corrected chi connectivity index (χ4v) is 0.901. The normalized spacial score (nSPS) is 9.71. The summed E-state index contributed by atoms with van der Waals surface area (Å²) in [7, 11) is 4.02. The van der Waals surface area contributed by atoms with Crippen LogP contribution in [0.4, 0.5) is 4.39 Å². The van der Waals surface area contributed by atoms with Crippen molar-refractivity contribution in [3.8, 4) is 5.75 Å². The van der Waals surface area contributed by atoms with Gasteiger partial charge in [-0.25, -0.2) is 9.18 Å². The third kappa shape index (κ3) is 5.84. The van der Waals surface area contributed by atoms with Crippen molar-refractivity contribution < 1.29 is 29.4 Å². The molecular weight excluding hydrogens is 229 g/mol. The lowest BCUT2D eigenvalue weighted by atomic mass is 10.2. The molecule has 0 saturated heterocycles. The van der Waals surface area contributed by atoms with Crippen LogP contribution < -0.4 is 10.0 Å². The number of benzene rings is 1. The number of carbonyl (C=O) groups is 1. The highest BCUT2D eigenvalue weighted by Crippen LogP contribution is 2.16. The molecule has 0 heterocycles. The SMILES string of the molecule is C[NH+](C)CCO.O=C(O)c1cccc(F)c1[O-]. The number of nitrogens with one attached hydrogen (secondary N) is 1. The summed E-state index contributed by atoms with van der Waals surface area (Å²) in [6.07, 6.45) is 0. The zero-order chi connectivity index (χ0) is 13.4. The molecule has 3 N–H and O–H groups in total. The van der Waals surface area contributed by atoms with Crippen molar-refractivity contribution in [2.45, 2.75) is 0 Å². The fourth-order valence-electron chi connectivity index (χ4n) is 0.901. The highest BCUT2D eigenvalue weighted by Gasteiger charge is 2.04. The van der Waals surface area contributed by atoms with Crippen molar-refractivity contribution >= 4 is 5.97 Å². The minimum absolute atomic E-state index is 0.294. The van der Waals surface area contributed by atoms with Gasteiger partial charge in [0.05, 0.1) is 26.3 Å². The maximum atomic E-state index is 12.4.